The van der Waals surface area contributed by atoms with Gasteiger partial charge >= 0.3 is 0 Å². The van der Waals surface area contributed by atoms with Crippen LogP contribution in [0.3, 0.4) is 0 Å². The SMILES string of the molecule is CC.CC1NNNC1C. The lowest BCUT2D eigenvalue weighted by molar-refractivity contribution is 0.559. The molecule has 0 aliphatic carbocycles. The van der Waals surface area contributed by atoms with Crippen molar-refractivity contribution in [2.75, 3.05) is 0 Å². The smallest absolute Gasteiger partial charge is 0.0362 e. The summed E-state index contributed by atoms with van der Waals surface area (Å²) < 4.78 is 0. The molecule has 1 heterocycles. The minimum absolute atomic E-state index is 0.542. The second kappa shape index (κ2) is 4.73. The summed E-state index contributed by atoms with van der Waals surface area (Å²) >= 11 is 0. The number of rotatable bonds is 0. The van der Waals surface area contributed by atoms with Gasteiger partial charge in [0.2, 0.25) is 0 Å². The lowest BCUT2D eigenvalue weighted by Crippen LogP contribution is -2.32. The maximum atomic E-state index is 3.01. The number of hydrogen-bond acceptors (Lipinski definition) is 3. The van der Waals surface area contributed by atoms with Gasteiger partial charge in [-0.1, -0.05) is 13.8 Å². The molecule has 0 aromatic heterocycles. The Bertz CT molecular complexity index is 57.3. The third-order valence-electron chi connectivity index (χ3n) is 1.35. The first-order valence-electron chi connectivity index (χ1n) is 3.57. The van der Waals surface area contributed by atoms with E-state index in [9.17, 15) is 0 Å². The molecule has 2 atom stereocenters. The summed E-state index contributed by atoms with van der Waals surface area (Å²) in [4.78, 5) is 0. The molecule has 1 saturated heterocycles. The largest absolute Gasteiger partial charge is 0.240 e. The molecule has 56 valence electrons. The van der Waals surface area contributed by atoms with E-state index in [4.69, 9.17) is 0 Å². The van der Waals surface area contributed by atoms with E-state index >= 15 is 0 Å². The quantitative estimate of drug-likeness (QED) is 0.445. The van der Waals surface area contributed by atoms with Gasteiger partial charge in [0.1, 0.15) is 0 Å². The zero-order valence-electron chi connectivity index (χ0n) is 6.65. The van der Waals surface area contributed by atoms with E-state index in [1.807, 2.05) is 13.8 Å². The first-order chi connectivity index (χ1) is 4.30. The van der Waals surface area contributed by atoms with E-state index in [0.29, 0.717) is 12.1 Å². The van der Waals surface area contributed by atoms with Crippen molar-refractivity contribution in [2.24, 2.45) is 0 Å². The first-order valence-corrected chi connectivity index (χ1v) is 3.57. The van der Waals surface area contributed by atoms with Crippen molar-refractivity contribution < 1.29 is 0 Å². The molecule has 3 nitrogen and oxygen atoms in total. The van der Waals surface area contributed by atoms with E-state index in [0.717, 1.165) is 0 Å². The Balaban J connectivity index is 0.000000291. The zero-order valence-corrected chi connectivity index (χ0v) is 6.65. The van der Waals surface area contributed by atoms with Crippen LogP contribution in [0.5, 0.6) is 0 Å². The molecule has 9 heavy (non-hydrogen) atoms. The van der Waals surface area contributed by atoms with Crippen molar-refractivity contribution >= 4 is 0 Å². The molecule has 0 saturated carbocycles. The number of nitrogens with one attached hydrogen (secondary N) is 3. The molecule has 0 amide bonds. The van der Waals surface area contributed by atoms with Gasteiger partial charge in [-0.25, -0.2) is 10.9 Å². The topological polar surface area (TPSA) is 36.1 Å². The zero-order chi connectivity index (χ0) is 7.28. The minimum atomic E-state index is 0.542. The molecular formula is C6H17N3. The first kappa shape index (κ1) is 8.88. The molecule has 3 N–H and O–H groups in total. The van der Waals surface area contributed by atoms with Crippen LogP contribution in [0.25, 0.3) is 0 Å². The average Bonchev–Trinajstić information content (AvgIpc) is 2.23. The lowest BCUT2D eigenvalue weighted by Gasteiger charge is -2.03. The van der Waals surface area contributed by atoms with Gasteiger partial charge in [-0.2, -0.15) is 5.53 Å². The summed E-state index contributed by atoms with van der Waals surface area (Å²) in [6.45, 7) is 8.25. The lowest BCUT2D eigenvalue weighted by atomic mass is 10.2. The molecule has 0 aromatic rings. The fourth-order valence-corrected chi connectivity index (χ4v) is 0.519. The molecule has 1 rings (SSSR count). The predicted molar refractivity (Wildman–Crippen MR) is 39.7 cm³/mol. The Labute approximate surface area is 57.2 Å². The van der Waals surface area contributed by atoms with Crippen molar-refractivity contribution in [3.8, 4) is 0 Å². The van der Waals surface area contributed by atoms with E-state index in [1.54, 1.807) is 0 Å². The van der Waals surface area contributed by atoms with Crippen LogP contribution in [0.15, 0.2) is 0 Å². The van der Waals surface area contributed by atoms with Crippen LogP contribution < -0.4 is 16.4 Å². The van der Waals surface area contributed by atoms with Crippen molar-refractivity contribution in [2.45, 2.75) is 39.8 Å². The summed E-state index contributed by atoms with van der Waals surface area (Å²) in [5.41, 5.74) is 8.84. The highest BCUT2D eigenvalue weighted by Crippen LogP contribution is 1.91. The van der Waals surface area contributed by atoms with Gasteiger partial charge in [-0.05, 0) is 13.8 Å². The second-order valence-corrected chi connectivity index (χ2v) is 1.99. The standard InChI is InChI=1S/C4H11N3.C2H6/c1-3-4(2)6-7-5-3;1-2/h3-7H,1-2H3;1-2H3. The highest BCUT2D eigenvalue weighted by atomic mass is 15.7. The van der Waals surface area contributed by atoms with Crippen LogP contribution in [0.4, 0.5) is 0 Å². The normalized spacial score (nSPS) is 33.3. The van der Waals surface area contributed by atoms with Crippen molar-refractivity contribution in [3.05, 3.63) is 0 Å². The van der Waals surface area contributed by atoms with Gasteiger partial charge in [-0.15, -0.1) is 0 Å². The van der Waals surface area contributed by atoms with Gasteiger partial charge in [0, 0.05) is 12.1 Å². The molecule has 1 aliphatic heterocycles. The summed E-state index contributed by atoms with van der Waals surface area (Å²) in [5.74, 6) is 0. The van der Waals surface area contributed by atoms with Crippen LogP contribution in [-0.2, 0) is 0 Å². The average molecular weight is 131 g/mol. The van der Waals surface area contributed by atoms with Gasteiger partial charge < -0.3 is 0 Å². The predicted octanol–water partition coefficient (Wildman–Crippen LogP) is 0.402. The Morgan fingerprint density at radius 2 is 1.22 bits per heavy atom. The van der Waals surface area contributed by atoms with Crippen LogP contribution in [0, 0.1) is 0 Å². The highest BCUT2D eigenvalue weighted by Gasteiger charge is 2.15. The second-order valence-electron chi connectivity index (χ2n) is 1.99. The molecule has 0 aromatic carbocycles. The molecule has 3 heteroatoms. The summed E-state index contributed by atoms with van der Waals surface area (Å²) in [6, 6.07) is 1.08. The third-order valence-corrected chi connectivity index (χ3v) is 1.35. The molecule has 0 radical (unpaired) electrons. The summed E-state index contributed by atoms with van der Waals surface area (Å²) in [5, 5.41) is 0. The molecule has 1 aliphatic rings. The van der Waals surface area contributed by atoms with Crippen LogP contribution >= 0.6 is 0 Å². The number of hydrogen-bond donors (Lipinski definition) is 3. The van der Waals surface area contributed by atoms with Crippen LogP contribution in [-0.4, -0.2) is 12.1 Å². The highest BCUT2D eigenvalue weighted by molar-refractivity contribution is 4.74. The van der Waals surface area contributed by atoms with Gasteiger partial charge in [0.05, 0.1) is 0 Å². The summed E-state index contributed by atoms with van der Waals surface area (Å²) in [7, 11) is 0. The monoisotopic (exact) mass is 131 g/mol. The van der Waals surface area contributed by atoms with Gasteiger partial charge in [0.15, 0.2) is 0 Å². The van der Waals surface area contributed by atoms with Crippen molar-refractivity contribution in [1.82, 2.24) is 16.4 Å². The summed E-state index contributed by atoms with van der Waals surface area (Å²) in [6.07, 6.45) is 0. The Morgan fingerprint density at radius 1 is 0.889 bits per heavy atom. The molecule has 0 spiro atoms. The molecule has 2 unspecified atom stereocenters. The Morgan fingerprint density at radius 3 is 1.33 bits per heavy atom. The fraction of sp³-hybridized carbons (Fsp3) is 1.00. The molecule has 1 fully saturated rings. The van der Waals surface area contributed by atoms with Crippen molar-refractivity contribution in [3.63, 3.8) is 0 Å². The van der Waals surface area contributed by atoms with E-state index in [-0.39, 0.29) is 0 Å². The van der Waals surface area contributed by atoms with E-state index in [2.05, 4.69) is 30.2 Å². The Kier molecular flexibility index (Phi) is 4.67. The van der Waals surface area contributed by atoms with Crippen LogP contribution in [0.2, 0.25) is 0 Å². The maximum Gasteiger partial charge on any atom is 0.0362 e. The molecule has 0 bridgehead atoms. The van der Waals surface area contributed by atoms with Crippen molar-refractivity contribution in [1.29, 1.82) is 0 Å². The maximum absolute atomic E-state index is 3.01. The molecular weight excluding hydrogens is 114 g/mol. The third kappa shape index (κ3) is 2.79. The minimum Gasteiger partial charge on any atom is -0.240 e. The van der Waals surface area contributed by atoms with E-state index < -0.39 is 0 Å². The van der Waals surface area contributed by atoms with Gasteiger partial charge in [-0.3, -0.25) is 0 Å². The fourth-order valence-electron chi connectivity index (χ4n) is 0.519. The Hall–Kier alpha value is -0.120. The number of hydrazine groups is 2. The van der Waals surface area contributed by atoms with Gasteiger partial charge in [0.25, 0.3) is 0 Å². The van der Waals surface area contributed by atoms with E-state index in [1.165, 1.54) is 0 Å². The van der Waals surface area contributed by atoms with Crippen LogP contribution in [0.1, 0.15) is 27.7 Å².